The van der Waals surface area contributed by atoms with Crippen LogP contribution in [0.15, 0.2) is 18.2 Å². The molecule has 0 aromatic heterocycles. The van der Waals surface area contributed by atoms with Gasteiger partial charge in [-0.2, -0.15) is 0 Å². The lowest BCUT2D eigenvalue weighted by Crippen LogP contribution is -2.38. The maximum absolute atomic E-state index is 12.2. The molecule has 6 nitrogen and oxygen atoms in total. The van der Waals surface area contributed by atoms with Crippen molar-refractivity contribution >= 4 is 17.4 Å². The van der Waals surface area contributed by atoms with Gasteiger partial charge >= 0.3 is 0 Å². The van der Waals surface area contributed by atoms with Crippen LogP contribution in [-0.4, -0.2) is 22.7 Å². The third-order valence-electron chi connectivity index (χ3n) is 3.55. The van der Waals surface area contributed by atoms with E-state index in [9.17, 15) is 19.7 Å². The van der Waals surface area contributed by atoms with Crippen LogP contribution in [-0.2, 0) is 4.79 Å². The summed E-state index contributed by atoms with van der Waals surface area (Å²) in [5, 5.41) is 13.8. The number of nitro benzene ring substituents is 1. The lowest BCUT2D eigenvalue weighted by molar-refractivity contribution is -0.385. The Morgan fingerprint density at radius 3 is 2.60 bits per heavy atom. The van der Waals surface area contributed by atoms with E-state index in [1.807, 2.05) is 0 Å². The molecule has 0 saturated heterocycles. The molecule has 1 saturated carbocycles. The average molecular weight is 276 g/mol. The first-order valence-corrected chi connectivity index (χ1v) is 6.55. The second-order valence-corrected chi connectivity index (χ2v) is 5.01. The molecule has 0 unspecified atom stereocenters. The van der Waals surface area contributed by atoms with E-state index < -0.39 is 10.8 Å². The number of nitrogens with one attached hydrogen (secondary N) is 1. The normalized spacial score (nSPS) is 15.9. The lowest BCUT2D eigenvalue weighted by Gasteiger charge is -2.22. The van der Waals surface area contributed by atoms with Crippen LogP contribution in [0.3, 0.4) is 0 Å². The Balaban J connectivity index is 2.17. The first-order valence-electron chi connectivity index (χ1n) is 6.55. The number of nitrogens with zero attached hydrogens (tertiary/aromatic N) is 1. The number of benzene rings is 1. The molecule has 0 atom stereocenters. The molecular weight excluding hydrogens is 260 g/mol. The van der Waals surface area contributed by atoms with Gasteiger partial charge in [-0.25, -0.2) is 0 Å². The predicted octanol–water partition coefficient (Wildman–Crippen LogP) is 2.14. The second kappa shape index (κ2) is 5.81. The summed E-state index contributed by atoms with van der Waals surface area (Å²) in [4.78, 5) is 33.8. The fraction of sp³-hybridized carbons (Fsp3) is 0.429. The molecule has 0 heterocycles. The van der Waals surface area contributed by atoms with Crippen molar-refractivity contribution in [3.63, 3.8) is 0 Å². The fourth-order valence-electron chi connectivity index (χ4n) is 2.44. The molecular formula is C14H16N2O4. The molecule has 0 aliphatic heterocycles. The van der Waals surface area contributed by atoms with Crippen molar-refractivity contribution in [2.75, 3.05) is 0 Å². The second-order valence-electron chi connectivity index (χ2n) is 5.01. The third-order valence-corrected chi connectivity index (χ3v) is 3.55. The number of Topliss-reactive ketones (excluding diaryl/α,β-unsaturated/α-hetero) is 1. The number of hydrogen-bond acceptors (Lipinski definition) is 4. The van der Waals surface area contributed by atoms with Crippen molar-refractivity contribution in [2.24, 2.45) is 0 Å². The van der Waals surface area contributed by atoms with Crippen LogP contribution in [0, 0.1) is 17.0 Å². The number of aryl methyl sites for hydroxylation is 1. The first-order chi connectivity index (χ1) is 9.49. The van der Waals surface area contributed by atoms with Gasteiger partial charge in [0.15, 0.2) is 0 Å². The summed E-state index contributed by atoms with van der Waals surface area (Å²) in [5.74, 6) is -0.230. The third kappa shape index (κ3) is 3.01. The molecule has 0 spiro atoms. The van der Waals surface area contributed by atoms with E-state index in [2.05, 4.69) is 5.32 Å². The van der Waals surface area contributed by atoms with Crippen LogP contribution in [0.1, 0.15) is 41.6 Å². The zero-order chi connectivity index (χ0) is 14.7. The quantitative estimate of drug-likeness (QED) is 0.676. The average Bonchev–Trinajstić information content (AvgIpc) is 2.40. The Morgan fingerprint density at radius 2 is 2.00 bits per heavy atom. The summed E-state index contributed by atoms with van der Waals surface area (Å²) in [6.45, 7) is 1.67. The maximum Gasteiger partial charge on any atom is 0.282 e. The van der Waals surface area contributed by atoms with Gasteiger partial charge in [-0.3, -0.25) is 19.7 Å². The summed E-state index contributed by atoms with van der Waals surface area (Å²) < 4.78 is 0. The maximum atomic E-state index is 12.2. The van der Waals surface area contributed by atoms with E-state index in [0.29, 0.717) is 31.2 Å². The van der Waals surface area contributed by atoms with Gasteiger partial charge in [-0.05, 0) is 25.3 Å². The molecule has 106 valence electrons. The van der Waals surface area contributed by atoms with Gasteiger partial charge in [0, 0.05) is 24.9 Å². The predicted molar refractivity (Wildman–Crippen MR) is 72.6 cm³/mol. The van der Waals surface area contributed by atoms with Crippen molar-refractivity contribution in [3.8, 4) is 0 Å². The Hall–Kier alpha value is -2.24. The molecule has 1 aromatic carbocycles. The fourth-order valence-corrected chi connectivity index (χ4v) is 2.44. The van der Waals surface area contributed by atoms with Gasteiger partial charge in [0.05, 0.1) is 4.92 Å². The largest absolute Gasteiger partial charge is 0.349 e. The number of ketones is 1. The Bertz CT molecular complexity index is 558. The molecule has 1 aliphatic rings. The lowest BCUT2D eigenvalue weighted by atomic mass is 9.94. The number of carbonyl (C=O) groups is 2. The summed E-state index contributed by atoms with van der Waals surface area (Å²) in [7, 11) is 0. The van der Waals surface area contributed by atoms with Crippen LogP contribution in [0.2, 0.25) is 0 Å². The highest BCUT2D eigenvalue weighted by molar-refractivity contribution is 5.99. The molecule has 1 amide bonds. The molecule has 0 radical (unpaired) electrons. The van der Waals surface area contributed by atoms with Gasteiger partial charge in [-0.15, -0.1) is 0 Å². The molecule has 2 rings (SSSR count). The van der Waals surface area contributed by atoms with Crippen molar-refractivity contribution in [1.29, 1.82) is 0 Å². The molecule has 1 aromatic rings. The van der Waals surface area contributed by atoms with Gasteiger partial charge in [0.25, 0.3) is 11.6 Å². The van der Waals surface area contributed by atoms with E-state index in [-0.39, 0.29) is 23.1 Å². The SMILES string of the molecule is Cc1cccc([N+](=O)[O-])c1C(=O)NC1CCC(=O)CC1. The number of rotatable bonds is 3. The molecule has 20 heavy (non-hydrogen) atoms. The minimum absolute atomic E-state index is 0.0839. The summed E-state index contributed by atoms with van der Waals surface area (Å²) in [6.07, 6.45) is 2.12. The highest BCUT2D eigenvalue weighted by Gasteiger charge is 2.26. The Labute approximate surface area is 116 Å². The number of amides is 1. The molecule has 1 N–H and O–H groups in total. The van der Waals surface area contributed by atoms with Gasteiger partial charge in [0.1, 0.15) is 11.3 Å². The highest BCUT2D eigenvalue weighted by atomic mass is 16.6. The van der Waals surface area contributed by atoms with Crippen LogP contribution in [0.4, 0.5) is 5.69 Å². The number of hydrogen-bond donors (Lipinski definition) is 1. The van der Waals surface area contributed by atoms with Gasteiger partial charge < -0.3 is 5.32 Å². The van der Waals surface area contributed by atoms with Crippen molar-refractivity contribution in [2.45, 2.75) is 38.6 Å². The van der Waals surface area contributed by atoms with E-state index in [1.165, 1.54) is 6.07 Å². The van der Waals surface area contributed by atoms with E-state index in [1.54, 1.807) is 19.1 Å². The van der Waals surface area contributed by atoms with Crippen LogP contribution in [0.25, 0.3) is 0 Å². The van der Waals surface area contributed by atoms with Crippen LogP contribution >= 0.6 is 0 Å². The Kier molecular flexibility index (Phi) is 4.12. The molecule has 1 fully saturated rings. The monoisotopic (exact) mass is 276 g/mol. The zero-order valence-electron chi connectivity index (χ0n) is 11.2. The van der Waals surface area contributed by atoms with E-state index in [0.717, 1.165) is 0 Å². The smallest absolute Gasteiger partial charge is 0.282 e. The van der Waals surface area contributed by atoms with Gasteiger partial charge in [-0.1, -0.05) is 12.1 Å². The topological polar surface area (TPSA) is 89.3 Å². The van der Waals surface area contributed by atoms with E-state index >= 15 is 0 Å². The van der Waals surface area contributed by atoms with Crippen molar-refractivity contribution in [1.82, 2.24) is 5.32 Å². The van der Waals surface area contributed by atoms with Crippen molar-refractivity contribution < 1.29 is 14.5 Å². The zero-order valence-corrected chi connectivity index (χ0v) is 11.2. The van der Waals surface area contributed by atoms with E-state index in [4.69, 9.17) is 0 Å². The van der Waals surface area contributed by atoms with Crippen LogP contribution < -0.4 is 5.32 Å². The standard InChI is InChI=1S/C14H16N2O4/c1-9-3-2-4-12(16(19)20)13(9)14(18)15-10-5-7-11(17)8-6-10/h2-4,10H,5-8H2,1H3,(H,15,18). The number of nitro groups is 1. The minimum Gasteiger partial charge on any atom is -0.349 e. The summed E-state index contributed by atoms with van der Waals surface area (Å²) in [5.41, 5.74) is 0.493. The molecule has 1 aliphatic carbocycles. The van der Waals surface area contributed by atoms with Gasteiger partial charge in [0.2, 0.25) is 0 Å². The van der Waals surface area contributed by atoms with Crippen LogP contribution in [0.5, 0.6) is 0 Å². The minimum atomic E-state index is -0.549. The summed E-state index contributed by atoms with van der Waals surface area (Å²) >= 11 is 0. The highest BCUT2D eigenvalue weighted by Crippen LogP contribution is 2.23. The van der Waals surface area contributed by atoms with Crippen molar-refractivity contribution in [3.05, 3.63) is 39.4 Å². The molecule has 6 heteroatoms. The molecule has 0 bridgehead atoms. The number of carbonyl (C=O) groups excluding carboxylic acids is 2. The summed E-state index contributed by atoms with van der Waals surface area (Å²) in [6, 6.07) is 4.47. The Morgan fingerprint density at radius 1 is 1.35 bits per heavy atom. The first kappa shape index (κ1) is 14.2.